The topological polar surface area (TPSA) is 58.2 Å². The van der Waals surface area contributed by atoms with Crippen molar-refractivity contribution in [3.8, 4) is 0 Å². The van der Waals surface area contributed by atoms with Crippen molar-refractivity contribution in [2.45, 2.75) is 33.6 Å². The summed E-state index contributed by atoms with van der Waals surface area (Å²) in [4.78, 5) is 23.4. The number of rotatable bonds is 6. The van der Waals surface area contributed by atoms with Crippen LogP contribution in [0, 0.1) is 6.92 Å². The molecular formula is C20H24N2O2. The molecule has 0 radical (unpaired) electrons. The van der Waals surface area contributed by atoms with E-state index in [1.165, 1.54) is 12.5 Å². The minimum atomic E-state index is -0.122. The number of Topliss-reactive ketones (excluding diaryl/α,β-unsaturated/α-hetero) is 1. The van der Waals surface area contributed by atoms with Gasteiger partial charge in [-0.15, -0.1) is 0 Å². The highest BCUT2D eigenvalue weighted by Gasteiger charge is 2.10. The molecule has 0 fully saturated rings. The zero-order chi connectivity index (χ0) is 17.7. The Balaban J connectivity index is 2.00. The molecule has 0 aromatic heterocycles. The lowest BCUT2D eigenvalue weighted by Crippen LogP contribution is -2.22. The molecule has 0 aliphatic rings. The smallest absolute Gasteiger partial charge is 0.243 e. The van der Waals surface area contributed by atoms with Crippen LogP contribution in [0.2, 0.25) is 0 Å². The Kier molecular flexibility index (Phi) is 5.74. The molecule has 24 heavy (non-hydrogen) atoms. The van der Waals surface area contributed by atoms with Gasteiger partial charge in [-0.25, -0.2) is 0 Å². The lowest BCUT2D eigenvalue weighted by molar-refractivity contribution is -0.114. The highest BCUT2D eigenvalue weighted by atomic mass is 16.2. The van der Waals surface area contributed by atoms with Crippen LogP contribution in [0.3, 0.4) is 0 Å². The molecule has 2 rings (SSSR count). The molecule has 126 valence electrons. The summed E-state index contributed by atoms with van der Waals surface area (Å²) in [6, 6.07) is 13.1. The molecule has 0 aliphatic carbocycles. The fourth-order valence-corrected chi connectivity index (χ4v) is 2.58. The van der Waals surface area contributed by atoms with Crippen molar-refractivity contribution in [2.75, 3.05) is 17.2 Å². The number of hydrogen-bond donors (Lipinski definition) is 2. The first-order chi connectivity index (χ1) is 11.4. The largest absolute Gasteiger partial charge is 0.376 e. The van der Waals surface area contributed by atoms with E-state index in [1.54, 1.807) is 24.3 Å². The zero-order valence-electron chi connectivity index (χ0n) is 14.6. The van der Waals surface area contributed by atoms with Gasteiger partial charge in [0.15, 0.2) is 5.78 Å². The van der Waals surface area contributed by atoms with Crippen molar-refractivity contribution in [3.63, 3.8) is 0 Å². The lowest BCUT2D eigenvalue weighted by atomic mass is 9.98. The number of benzene rings is 2. The van der Waals surface area contributed by atoms with E-state index >= 15 is 0 Å². The number of carbonyl (C=O) groups is 2. The van der Waals surface area contributed by atoms with Gasteiger partial charge in [0, 0.05) is 16.9 Å². The third-order valence-corrected chi connectivity index (χ3v) is 3.93. The SMILES string of the molecule is CC(=O)c1ccc(NC(=O)CNc2c(C)cccc2C(C)C)cc1. The molecule has 0 bridgehead atoms. The van der Waals surface area contributed by atoms with Crippen LogP contribution in [0.1, 0.15) is 48.2 Å². The Labute approximate surface area is 143 Å². The van der Waals surface area contributed by atoms with E-state index < -0.39 is 0 Å². The molecule has 0 unspecified atom stereocenters. The number of anilines is 2. The Morgan fingerprint density at radius 3 is 2.29 bits per heavy atom. The third kappa shape index (κ3) is 4.44. The fraction of sp³-hybridized carbons (Fsp3) is 0.300. The van der Waals surface area contributed by atoms with Gasteiger partial charge in [-0.2, -0.15) is 0 Å². The van der Waals surface area contributed by atoms with Gasteiger partial charge in [0.1, 0.15) is 0 Å². The van der Waals surface area contributed by atoms with Gasteiger partial charge >= 0.3 is 0 Å². The van der Waals surface area contributed by atoms with Gasteiger partial charge in [0.05, 0.1) is 6.54 Å². The maximum Gasteiger partial charge on any atom is 0.243 e. The van der Waals surface area contributed by atoms with E-state index in [9.17, 15) is 9.59 Å². The highest BCUT2D eigenvalue weighted by Crippen LogP contribution is 2.27. The second-order valence-corrected chi connectivity index (χ2v) is 6.23. The number of carbonyl (C=O) groups excluding carboxylic acids is 2. The second-order valence-electron chi connectivity index (χ2n) is 6.23. The maximum atomic E-state index is 12.2. The molecule has 1 amide bonds. The summed E-state index contributed by atoms with van der Waals surface area (Å²) in [5.41, 5.74) is 4.66. The zero-order valence-corrected chi connectivity index (χ0v) is 14.6. The van der Waals surface area contributed by atoms with Crippen LogP contribution in [0.5, 0.6) is 0 Å². The number of hydrogen-bond acceptors (Lipinski definition) is 3. The molecule has 0 aliphatic heterocycles. The van der Waals surface area contributed by atoms with Gasteiger partial charge in [-0.3, -0.25) is 9.59 Å². The summed E-state index contributed by atoms with van der Waals surface area (Å²) in [5.74, 6) is 0.272. The summed E-state index contributed by atoms with van der Waals surface area (Å²) in [5, 5.41) is 6.08. The first-order valence-electron chi connectivity index (χ1n) is 8.12. The molecule has 0 atom stereocenters. The number of amides is 1. The van der Waals surface area contributed by atoms with Crippen LogP contribution >= 0.6 is 0 Å². The van der Waals surface area contributed by atoms with Crippen molar-refractivity contribution in [1.82, 2.24) is 0 Å². The Morgan fingerprint density at radius 1 is 1.04 bits per heavy atom. The predicted molar refractivity (Wildman–Crippen MR) is 98.8 cm³/mol. The van der Waals surface area contributed by atoms with Crippen LogP contribution in [0.4, 0.5) is 11.4 Å². The normalized spacial score (nSPS) is 10.5. The van der Waals surface area contributed by atoms with E-state index in [1.807, 2.05) is 19.1 Å². The standard InChI is InChI=1S/C20H24N2O2/c1-13(2)18-7-5-6-14(3)20(18)21-12-19(24)22-17-10-8-16(9-11-17)15(4)23/h5-11,13,21H,12H2,1-4H3,(H,22,24). The Bertz CT molecular complexity index is 734. The summed E-state index contributed by atoms with van der Waals surface area (Å²) < 4.78 is 0. The van der Waals surface area contributed by atoms with Gasteiger partial charge in [0.2, 0.25) is 5.91 Å². The van der Waals surface area contributed by atoms with Gasteiger partial charge in [-0.1, -0.05) is 32.0 Å². The molecule has 0 heterocycles. The summed E-state index contributed by atoms with van der Waals surface area (Å²) in [6.07, 6.45) is 0. The van der Waals surface area contributed by atoms with E-state index in [0.717, 1.165) is 11.3 Å². The average Bonchev–Trinajstić information content (AvgIpc) is 2.53. The minimum Gasteiger partial charge on any atom is -0.376 e. The third-order valence-electron chi connectivity index (χ3n) is 3.93. The van der Waals surface area contributed by atoms with Crippen LogP contribution in [-0.4, -0.2) is 18.2 Å². The van der Waals surface area contributed by atoms with E-state index in [4.69, 9.17) is 0 Å². The van der Waals surface area contributed by atoms with Crippen LogP contribution < -0.4 is 10.6 Å². The first kappa shape index (κ1) is 17.7. The van der Waals surface area contributed by atoms with Crippen molar-refractivity contribution in [3.05, 3.63) is 59.2 Å². The molecule has 0 saturated heterocycles. The molecular weight excluding hydrogens is 300 g/mol. The van der Waals surface area contributed by atoms with Crippen LogP contribution in [0.25, 0.3) is 0 Å². The van der Waals surface area contributed by atoms with Crippen molar-refractivity contribution < 1.29 is 9.59 Å². The van der Waals surface area contributed by atoms with E-state index in [2.05, 4.69) is 30.5 Å². The van der Waals surface area contributed by atoms with Crippen LogP contribution in [-0.2, 0) is 4.79 Å². The molecule has 2 aromatic rings. The van der Waals surface area contributed by atoms with Crippen molar-refractivity contribution >= 4 is 23.1 Å². The van der Waals surface area contributed by atoms with Gasteiger partial charge in [0.25, 0.3) is 0 Å². The second kappa shape index (κ2) is 7.77. The minimum absolute atomic E-state index is 0.00955. The fourth-order valence-electron chi connectivity index (χ4n) is 2.58. The first-order valence-corrected chi connectivity index (χ1v) is 8.12. The maximum absolute atomic E-state index is 12.2. The number of aryl methyl sites for hydroxylation is 1. The van der Waals surface area contributed by atoms with Gasteiger partial charge < -0.3 is 10.6 Å². The summed E-state index contributed by atoms with van der Waals surface area (Å²) in [6.45, 7) is 8.02. The summed E-state index contributed by atoms with van der Waals surface area (Å²) >= 11 is 0. The molecule has 2 aromatic carbocycles. The Hall–Kier alpha value is -2.62. The van der Waals surface area contributed by atoms with E-state index in [0.29, 0.717) is 17.2 Å². The van der Waals surface area contributed by atoms with Crippen molar-refractivity contribution in [1.29, 1.82) is 0 Å². The average molecular weight is 324 g/mol. The quantitative estimate of drug-likeness (QED) is 0.776. The predicted octanol–water partition coefficient (Wildman–Crippen LogP) is 4.37. The molecule has 2 N–H and O–H groups in total. The number of para-hydroxylation sites is 1. The Morgan fingerprint density at radius 2 is 1.71 bits per heavy atom. The highest BCUT2D eigenvalue weighted by molar-refractivity contribution is 5.96. The number of ketones is 1. The molecule has 0 spiro atoms. The van der Waals surface area contributed by atoms with Crippen LogP contribution in [0.15, 0.2) is 42.5 Å². The number of nitrogens with one attached hydrogen (secondary N) is 2. The molecule has 4 heteroatoms. The van der Waals surface area contributed by atoms with Gasteiger partial charge in [-0.05, 0) is 55.2 Å². The van der Waals surface area contributed by atoms with E-state index in [-0.39, 0.29) is 18.2 Å². The molecule has 4 nitrogen and oxygen atoms in total. The molecule has 0 saturated carbocycles. The summed E-state index contributed by atoms with van der Waals surface area (Å²) in [7, 11) is 0. The van der Waals surface area contributed by atoms with Crippen molar-refractivity contribution in [2.24, 2.45) is 0 Å². The monoisotopic (exact) mass is 324 g/mol. The lowest BCUT2D eigenvalue weighted by Gasteiger charge is -2.17.